The van der Waals surface area contributed by atoms with Gasteiger partial charge in [-0.3, -0.25) is 4.79 Å². The SMILES string of the molecule is O=C(N[C@H]1CC[C@H](CCN2CCC(c3cccc4c3CCO4)CC2)CC1)c1ccc(-n2cccn2)cc1. The van der Waals surface area contributed by atoms with Crippen molar-refractivity contribution in [1.29, 1.82) is 0 Å². The Morgan fingerprint density at radius 1 is 0.973 bits per heavy atom. The number of nitrogens with one attached hydrogen (secondary N) is 1. The molecule has 2 aliphatic heterocycles. The molecule has 1 aromatic heterocycles. The van der Waals surface area contributed by atoms with Crippen LogP contribution >= 0.6 is 0 Å². The summed E-state index contributed by atoms with van der Waals surface area (Å²) in [5.41, 5.74) is 4.69. The monoisotopic (exact) mass is 498 g/mol. The molecule has 1 saturated carbocycles. The number of nitrogens with zero attached hydrogens (tertiary/aromatic N) is 3. The molecule has 6 nitrogen and oxygen atoms in total. The van der Waals surface area contributed by atoms with E-state index < -0.39 is 0 Å². The molecule has 0 radical (unpaired) electrons. The van der Waals surface area contributed by atoms with Crippen molar-refractivity contribution in [2.24, 2.45) is 5.92 Å². The van der Waals surface area contributed by atoms with Crippen molar-refractivity contribution >= 4 is 5.91 Å². The fraction of sp³-hybridized carbons (Fsp3) is 0.484. The van der Waals surface area contributed by atoms with Crippen LogP contribution in [0.15, 0.2) is 60.9 Å². The minimum Gasteiger partial charge on any atom is -0.493 e. The second kappa shape index (κ2) is 11.1. The van der Waals surface area contributed by atoms with Gasteiger partial charge in [-0.2, -0.15) is 5.10 Å². The van der Waals surface area contributed by atoms with E-state index in [1.165, 1.54) is 57.3 Å². The van der Waals surface area contributed by atoms with Crippen molar-refractivity contribution < 1.29 is 9.53 Å². The predicted octanol–water partition coefficient (Wildman–Crippen LogP) is 5.37. The quantitative estimate of drug-likeness (QED) is 0.476. The number of carbonyl (C=O) groups excluding carboxylic acids is 1. The highest BCUT2D eigenvalue weighted by molar-refractivity contribution is 5.94. The Morgan fingerprint density at radius 2 is 1.78 bits per heavy atom. The molecule has 6 rings (SSSR count). The molecule has 37 heavy (non-hydrogen) atoms. The van der Waals surface area contributed by atoms with E-state index in [0.29, 0.717) is 12.0 Å². The zero-order valence-corrected chi connectivity index (χ0v) is 21.6. The smallest absolute Gasteiger partial charge is 0.251 e. The van der Waals surface area contributed by atoms with Gasteiger partial charge in [-0.1, -0.05) is 12.1 Å². The zero-order chi connectivity index (χ0) is 25.0. The summed E-state index contributed by atoms with van der Waals surface area (Å²) in [5, 5.41) is 7.52. The summed E-state index contributed by atoms with van der Waals surface area (Å²) in [5.74, 6) is 2.63. The first kappa shape index (κ1) is 24.2. The van der Waals surface area contributed by atoms with Crippen LogP contribution in [0.25, 0.3) is 5.69 Å². The summed E-state index contributed by atoms with van der Waals surface area (Å²) in [6, 6.07) is 16.5. The van der Waals surface area contributed by atoms with Crippen LogP contribution in [-0.4, -0.2) is 52.9 Å². The molecule has 1 aliphatic carbocycles. The third-order valence-corrected chi connectivity index (χ3v) is 8.74. The van der Waals surface area contributed by atoms with Gasteiger partial charge in [0, 0.05) is 36.0 Å². The third kappa shape index (κ3) is 5.59. The molecule has 3 aliphatic rings. The van der Waals surface area contributed by atoms with E-state index in [0.717, 1.165) is 48.8 Å². The minimum absolute atomic E-state index is 0.0361. The Kier molecular flexibility index (Phi) is 7.27. The van der Waals surface area contributed by atoms with Crippen LogP contribution in [-0.2, 0) is 6.42 Å². The Morgan fingerprint density at radius 3 is 2.54 bits per heavy atom. The molecule has 1 amide bonds. The second-order valence-electron chi connectivity index (χ2n) is 11.0. The minimum atomic E-state index is 0.0361. The molecule has 0 spiro atoms. The first-order valence-corrected chi connectivity index (χ1v) is 14.1. The van der Waals surface area contributed by atoms with Gasteiger partial charge < -0.3 is 15.0 Å². The van der Waals surface area contributed by atoms with Gasteiger partial charge in [0.15, 0.2) is 0 Å². The van der Waals surface area contributed by atoms with Crippen molar-refractivity contribution in [2.45, 2.75) is 63.3 Å². The predicted molar refractivity (Wildman–Crippen MR) is 145 cm³/mol. The van der Waals surface area contributed by atoms with E-state index in [-0.39, 0.29) is 5.91 Å². The largest absolute Gasteiger partial charge is 0.493 e. The number of piperidine rings is 1. The van der Waals surface area contributed by atoms with Gasteiger partial charge in [0.1, 0.15) is 5.75 Å². The number of hydrogen-bond donors (Lipinski definition) is 1. The number of aromatic nitrogens is 2. The maximum atomic E-state index is 12.8. The maximum absolute atomic E-state index is 12.8. The Labute approximate surface area is 220 Å². The summed E-state index contributed by atoms with van der Waals surface area (Å²) in [7, 11) is 0. The normalized spacial score (nSPS) is 22.4. The summed E-state index contributed by atoms with van der Waals surface area (Å²) in [6.07, 6.45) is 13.2. The van der Waals surface area contributed by atoms with E-state index in [1.54, 1.807) is 16.4 Å². The molecule has 3 aromatic rings. The highest BCUT2D eigenvalue weighted by atomic mass is 16.5. The highest BCUT2D eigenvalue weighted by Crippen LogP contribution is 2.37. The number of rotatable bonds is 7. The zero-order valence-electron chi connectivity index (χ0n) is 21.6. The average molecular weight is 499 g/mol. The summed E-state index contributed by atoms with van der Waals surface area (Å²) in [4.78, 5) is 15.4. The molecule has 3 heterocycles. The van der Waals surface area contributed by atoms with E-state index in [4.69, 9.17) is 4.74 Å². The standard InChI is InChI=1S/C31H38N4O2/c36-31(25-7-11-27(12-8-25)35-18-2-17-32-35)33-26-9-5-23(6-10-26)13-19-34-20-14-24(15-21-34)28-3-1-4-30-29(28)16-22-37-30/h1-4,7-8,11-12,17-18,23-24,26H,5-6,9-10,13-16,19-22H2,(H,33,36)/t23-,26-. The van der Waals surface area contributed by atoms with Crippen LogP contribution in [0.1, 0.15) is 72.3 Å². The van der Waals surface area contributed by atoms with Gasteiger partial charge in [-0.25, -0.2) is 4.68 Å². The number of carbonyl (C=O) groups is 1. The van der Waals surface area contributed by atoms with Gasteiger partial charge >= 0.3 is 0 Å². The molecular weight excluding hydrogens is 460 g/mol. The van der Waals surface area contributed by atoms with Crippen LogP contribution in [0, 0.1) is 5.92 Å². The van der Waals surface area contributed by atoms with E-state index >= 15 is 0 Å². The second-order valence-corrected chi connectivity index (χ2v) is 11.0. The molecular formula is C31H38N4O2. The first-order chi connectivity index (χ1) is 18.2. The fourth-order valence-corrected chi connectivity index (χ4v) is 6.51. The van der Waals surface area contributed by atoms with Crippen LogP contribution in [0.3, 0.4) is 0 Å². The van der Waals surface area contributed by atoms with Crippen molar-refractivity contribution in [3.8, 4) is 11.4 Å². The van der Waals surface area contributed by atoms with Crippen LogP contribution < -0.4 is 10.1 Å². The molecule has 1 N–H and O–H groups in total. The van der Waals surface area contributed by atoms with E-state index in [1.807, 2.05) is 36.5 Å². The number of benzene rings is 2. The molecule has 0 atom stereocenters. The molecule has 194 valence electrons. The van der Waals surface area contributed by atoms with Gasteiger partial charge in [-0.15, -0.1) is 0 Å². The first-order valence-electron chi connectivity index (χ1n) is 14.1. The molecule has 0 unspecified atom stereocenters. The number of amides is 1. The number of hydrogen-bond acceptors (Lipinski definition) is 4. The van der Waals surface area contributed by atoms with Gasteiger partial charge in [0.25, 0.3) is 5.91 Å². The average Bonchev–Trinajstić information content (AvgIpc) is 3.66. The van der Waals surface area contributed by atoms with Gasteiger partial charge in [0.2, 0.25) is 0 Å². The Balaban J connectivity index is 0.910. The van der Waals surface area contributed by atoms with Crippen LogP contribution in [0.2, 0.25) is 0 Å². The fourth-order valence-electron chi connectivity index (χ4n) is 6.51. The number of likely N-dealkylation sites (tertiary alicyclic amines) is 1. The molecule has 6 heteroatoms. The summed E-state index contributed by atoms with van der Waals surface area (Å²) < 4.78 is 7.59. The Bertz CT molecular complexity index is 1170. The number of ether oxygens (including phenoxy) is 1. The highest BCUT2D eigenvalue weighted by Gasteiger charge is 2.27. The molecule has 1 saturated heterocycles. The van der Waals surface area contributed by atoms with Gasteiger partial charge in [-0.05, 0) is 118 Å². The summed E-state index contributed by atoms with van der Waals surface area (Å²) in [6.45, 7) is 4.48. The van der Waals surface area contributed by atoms with Gasteiger partial charge in [0.05, 0.1) is 12.3 Å². The lowest BCUT2D eigenvalue weighted by Gasteiger charge is -2.35. The topological polar surface area (TPSA) is 59.4 Å². The lowest BCUT2D eigenvalue weighted by molar-refractivity contribution is 0.0919. The third-order valence-electron chi connectivity index (χ3n) is 8.74. The van der Waals surface area contributed by atoms with Crippen molar-refractivity contribution in [3.63, 3.8) is 0 Å². The van der Waals surface area contributed by atoms with Crippen LogP contribution in [0.5, 0.6) is 5.75 Å². The molecule has 0 bridgehead atoms. The van der Waals surface area contributed by atoms with Crippen molar-refractivity contribution in [3.05, 3.63) is 77.6 Å². The summed E-state index contributed by atoms with van der Waals surface area (Å²) >= 11 is 0. The maximum Gasteiger partial charge on any atom is 0.251 e. The number of fused-ring (bicyclic) bond motifs is 1. The molecule has 2 aromatic carbocycles. The van der Waals surface area contributed by atoms with E-state index in [9.17, 15) is 4.79 Å². The lowest BCUT2D eigenvalue weighted by atomic mass is 9.83. The Hall–Kier alpha value is -3.12. The van der Waals surface area contributed by atoms with Crippen LogP contribution in [0.4, 0.5) is 0 Å². The van der Waals surface area contributed by atoms with Crippen molar-refractivity contribution in [1.82, 2.24) is 20.0 Å². The molecule has 2 fully saturated rings. The van der Waals surface area contributed by atoms with E-state index in [2.05, 4.69) is 33.5 Å². The van der Waals surface area contributed by atoms with Crippen molar-refractivity contribution in [2.75, 3.05) is 26.2 Å². The lowest BCUT2D eigenvalue weighted by Crippen LogP contribution is -2.38.